The highest BCUT2D eigenvalue weighted by molar-refractivity contribution is 7.93. The standard InChI is InChI=1S/C25H28F4N4O2S/c1-4-32-36(35)10-8-25(29,9-11-36)19-13-18-20(30-14-31-23(18)33(3)24(19)34)12-15(2)16-6-5-7-17(21(16)26)22(27)28/h5-7,13-15,22H,4,8-12H2,1-3H3/t15-,25?,36?/m0/s1. The molecule has 11 heteroatoms. The van der Waals surface area contributed by atoms with E-state index in [-0.39, 0.29) is 47.5 Å². The van der Waals surface area contributed by atoms with Gasteiger partial charge in [0, 0.05) is 40.2 Å². The molecule has 1 saturated heterocycles. The number of fused-ring (bicyclic) bond motifs is 1. The van der Waals surface area contributed by atoms with Gasteiger partial charge in [-0.3, -0.25) is 9.36 Å². The van der Waals surface area contributed by atoms with E-state index < -0.39 is 44.7 Å². The molecule has 0 radical (unpaired) electrons. The first-order valence-electron chi connectivity index (χ1n) is 11.8. The minimum absolute atomic E-state index is 0.0630. The molecule has 2 aromatic heterocycles. The van der Waals surface area contributed by atoms with Crippen molar-refractivity contribution in [3.8, 4) is 0 Å². The molecule has 0 aliphatic carbocycles. The van der Waals surface area contributed by atoms with Crippen LogP contribution in [-0.2, 0) is 28.9 Å². The molecule has 0 unspecified atom stereocenters. The van der Waals surface area contributed by atoms with Gasteiger partial charge < -0.3 is 0 Å². The van der Waals surface area contributed by atoms with Gasteiger partial charge in [-0.1, -0.05) is 25.1 Å². The number of rotatable bonds is 6. The Morgan fingerprint density at radius 2 is 1.86 bits per heavy atom. The maximum Gasteiger partial charge on any atom is 0.266 e. The van der Waals surface area contributed by atoms with Crippen LogP contribution in [0.3, 0.4) is 0 Å². The molecule has 0 saturated carbocycles. The molecule has 4 rings (SSSR count). The number of aryl methyl sites for hydroxylation is 1. The van der Waals surface area contributed by atoms with Crippen molar-refractivity contribution in [1.82, 2.24) is 14.5 Å². The van der Waals surface area contributed by atoms with Crippen LogP contribution >= 0.6 is 0 Å². The van der Waals surface area contributed by atoms with E-state index in [9.17, 15) is 22.2 Å². The van der Waals surface area contributed by atoms with Gasteiger partial charge in [-0.2, -0.15) is 0 Å². The Balaban J connectivity index is 1.76. The highest BCUT2D eigenvalue weighted by Crippen LogP contribution is 2.38. The van der Waals surface area contributed by atoms with Crippen LogP contribution in [-0.4, -0.2) is 36.8 Å². The SMILES string of the molecule is CCN=S1(=O)CCC(F)(c2cc3c(C[C@H](C)c4cccc(C(F)F)c4F)ncnc3n(C)c2=O)CC1. The molecule has 1 atom stereocenters. The van der Waals surface area contributed by atoms with Gasteiger partial charge >= 0.3 is 0 Å². The fraction of sp³-hybridized carbons (Fsp3) is 0.480. The van der Waals surface area contributed by atoms with Gasteiger partial charge in [0.05, 0.1) is 16.8 Å². The second-order valence-electron chi connectivity index (χ2n) is 9.23. The van der Waals surface area contributed by atoms with E-state index in [1.807, 2.05) is 0 Å². The molecule has 194 valence electrons. The molecule has 0 amide bonds. The van der Waals surface area contributed by atoms with Crippen LogP contribution in [0.4, 0.5) is 17.6 Å². The van der Waals surface area contributed by atoms with Crippen molar-refractivity contribution >= 4 is 20.8 Å². The molecular formula is C25H28F4N4O2S. The number of alkyl halides is 3. The number of nitrogens with zero attached hydrogens (tertiary/aromatic N) is 4. The molecular weight excluding hydrogens is 496 g/mol. The van der Waals surface area contributed by atoms with Crippen LogP contribution in [0.1, 0.15) is 61.4 Å². The highest BCUT2D eigenvalue weighted by atomic mass is 32.2. The number of halogens is 4. The Hall–Kier alpha value is -2.82. The monoisotopic (exact) mass is 524 g/mol. The van der Waals surface area contributed by atoms with E-state index >= 15 is 4.39 Å². The summed E-state index contributed by atoms with van der Waals surface area (Å²) in [5, 5.41) is 0.424. The van der Waals surface area contributed by atoms with Crippen molar-refractivity contribution in [2.24, 2.45) is 11.4 Å². The van der Waals surface area contributed by atoms with E-state index in [4.69, 9.17) is 0 Å². The van der Waals surface area contributed by atoms with Crippen molar-refractivity contribution < 1.29 is 21.8 Å². The maximum absolute atomic E-state index is 16.1. The second-order valence-corrected chi connectivity index (χ2v) is 11.8. The van der Waals surface area contributed by atoms with Gasteiger partial charge in [0.15, 0.2) is 0 Å². The molecule has 1 aliphatic heterocycles. The lowest BCUT2D eigenvalue weighted by Gasteiger charge is -2.31. The van der Waals surface area contributed by atoms with Gasteiger partial charge in [0.2, 0.25) is 0 Å². The van der Waals surface area contributed by atoms with Crippen molar-refractivity contribution in [3.05, 3.63) is 69.1 Å². The van der Waals surface area contributed by atoms with Crippen LogP contribution in [0.2, 0.25) is 0 Å². The average Bonchev–Trinajstić information content (AvgIpc) is 2.84. The first-order valence-corrected chi connectivity index (χ1v) is 13.6. The van der Waals surface area contributed by atoms with Gasteiger partial charge in [0.1, 0.15) is 23.5 Å². The summed E-state index contributed by atoms with van der Waals surface area (Å²) in [6.45, 7) is 3.85. The smallest absolute Gasteiger partial charge is 0.266 e. The largest absolute Gasteiger partial charge is 0.295 e. The topological polar surface area (TPSA) is 77.2 Å². The summed E-state index contributed by atoms with van der Waals surface area (Å²) in [6.07, 6.45) is -1.71. The summed E-state index contributed by atoms with van der Waals surface area (Å²) < 4.78 is 75.4. The van der Waals surface area contributed by atoms with Crippen LogP contribution < -0.4 is 5.56 Å². The van der Waals surface area contributed by atoms with E-state index in [2.05, 4.69) is 14.3 Å². The molecule has 3 aromatic rings. The predicted octanol–water partition coefficient (Wildman–Crippen LogP) is 5.20. The van der Waals surface area contributed by atoms with E-state index in [0.717, 1.165) is 6.07 Å². The molecule has 1 fully saturated rings. The van der Waals surface area contributed by atoms with Crippen molar-refractivity contribution in [1.29, 1.82) is 0 Å². The van der Waals surface area contributed by atoms with Crippen molar-refractivity contribution in [2.45, 2.75) is 51.1 Å². The van der Waals surface area contributed by atoms with E-state index in [1.165, 1.54) is 36.1 Å². The summed E-state index contributed by atoms with van der Waals surface area (Å²) >= 11 is 0. The molecule has 36 heavy (non-hydrogen) atoms. The third kappa shape index (κ3) is 4.77. The molecule has 1 aliphatic rings. The molecule has 6 nitrogen and oxygen atoms in total. The van der Waals surface area contributed by atoms with Gasteiger partial charge in [-0.05, 0) is 43.7 Å². The lowest BCUT2D eigenvalue weighted by molar-refractivity contribution is 0.146. The summed E-state index contributed by atoms with van der Waals surface area (Å²) in [6, 6.07) is 5.33. The Labute approximate surface area is 207 Å². The Bertz CT molecular complexity index is 1470. The molecule has 0 N–H and O–H groups in total. The van der Waals surface area contributed by atoms with Gasteiger partial charge in [-0.15, -0.1) is 0 Å². The highest BCUT2D eigenvalue weighted by Gasteiger charge is 2.40. The Morgan fingerprint density at radius 1 is 1.19 bits per heavy atom. The van der Waals surface area contributed by atoms with Crippen LogP contribution in [0.5, 0.6) is 0 Å². The zero-order valence-electron chi connectivity index (χ0n) is 20.3. The minimum atomic E-state index is -2.94. The normalized spacial score (nSPS) is 23.2. The summed E-state index contributed by atoms with van der Waals surface area (Å²) in [5.41, 5.74) is -2.41. The third-order valence-corrected chi connectivity index (χ3v) is 9.31. The number of aromatic nitrogens is 3. The molecule has 0 bridgehead atoms. The zero-order chi connectivity index (χ0) is 26.3. The summed E-state index contributed by atoms with van der Waals surface area (Å²) in [7, 11) is -1.00. The Kier molecular flexibility index (Phi) is 7.23. The Morgan fingerprint density at radius 3 is 2.50 bits per heavy atom. The van der Waals surface area contributed by atoms with Crippen LogP contribution in [0, 0.1) is 5.82 Å². The van der Waals surface area contributed by atoms with Crippen molar-refractivity contribution in [2.75, 3.05) is 18.1 Å². The quantitative estimate of drug-likeness (QED) is 0.416. The maximum atomic E-state index is 16.1. The molecule has 3 heterocycles. The van der Waals surface area contributed by atoms with Gasteiger partial charge in [-0.25, -0.2) is 36.1 Å². The van der Waals surface area contributed by atoms with Crippen LogP contribution in [0.25, 0.3) is 11.0 Å². The minimum Gasteiger partial charge on any atom is -0.295 e. The lowest BCUT2D eigenvalue weighted by atomic mass is 9.89. The average molecular weight is 525 g/mol. The van der Waals surface area contributed by atoms with Gasteiger partial charge in [0.25, 0.3) is 12.0 Å². The number of benzene rings is 1. The number of hydrogen-bond donors (Lipinski definition) is 0. The third-order valence-electron chi connectivity index (χ3n) is 6.89. The first-order chi connectivity index (χ1) is 17.0. The second kappa shape index (κ2) is 9.91. The lowest BCUT2D eigenvalue weighted by Crippen LogP contribution is -2.39. The fourth-order valence-corrected chi connectivity index (χ4v) is 7.04. The predicted molar refractivity (Wildman–Crippen MR) is 131 cm³/mol. The van der Waals surface area contributed by atoms with Crippen molar-refractivity contribution in [3.63, 3.8) is 0 Å². The van der Waals surface area contributed by atoms with E-state index in [0.29, 0.717) is 17.6 Å². The first kappa shape index (κ1) is 26.2. The van der Waals surface area contributed by atoms with E-state index in [1.54, 1.807) is 13.8 Å². The number of hydrogen-bond acceptors (Lipinski definition) is 5. The summed E-state index contributed by atoms with van der Waals surface area (Å²) in [4.78, 5) is 21.6. The fourth-order valence-electron chi connectivity index (χ4n) is 4.82. The van der Waals surface area contributed by atoms with Crippen LogP contribution in [0.15, 0.2) is 39.8 Å². The number of pyridine rings is 1. The molecule has 0 spiro atoms. The zero-order valence-corrected chi connectivity index (χ0v) is 21.1. The summed E-state index contributed by atoms with van der Waals surface area (Å²) in [5.74, 6) is -1.37. The molecule has 1 aromatic carbocycles.